The number of rotatable bonds is 2. The molecule has 3 heterocycles. The van der Waals surface area contributed by atoms with E-state index in [-0.39, 0.29) is 0 Å². The second kappa shape index (κ2) is 5.81. The van der Waals surface area contributed by atoms with Crippen LogP contribution in [-0.2, 0) is 0 Å². The Morgan fingerprint density at radius 1 is 1.17 bits per heavy atom. The number of nitrogens with zero attached hydrogens (tertiary/aromatic N) is 5. The Morgan fingerprint density at radius 2 is 1.92 bits per heavy atom. The lowest BCUT2D eigenvalue weighted by Crippen LogP contribution is -2.46. The normalized spacial score (nSPS) is 16.0. The van der Waals surface area contributed by atoms with Crippen molar-refractivity contribution in [3.63, 3.8) is 0 Å². The smallest absolute Gasteiger partial charge is 0.157 e. The third kappa shape index (κ3) is 2.22. The highest BCUT2D eigenvalue weighted by atomic mass is 15.3. The van der Waals surface area contributed by atoms with Gasteiger partial charge in [0.2, 0.25) is 0 Å². The molecule has 122 valence electrons. The Labute approximate surface area is 141 Å². The van der Waals surface area contributed by atoms with Crippen LogP contribution in [0.1, 0.15) is 18.1 Å². The molecule has 0 N–H and O–H groups in total. The minimum atomic E-state index is 0.669. The first-order chi connectivity index (χ1) is 11.7. The van der Waals surface area contributed by atoms with Crippen LogP contribution in [0.25, 0.3) is 16.7 Å². The fourth-order valence-corrected chi connectivity index (χ4v) is 3.60. The second-order valence-corrected chi connectivity index (χ2v) is 6.35. The van der Waals surface area contributed by atoms with Crippen LogP contribution in [0, 0.1) is 18.3 Å². The topological polar surface area (TPSA) is 47.6 Å². The predicted molar refractivity (Wildman–Crippen MR) is 96.5 cm³/mol. The number of piperazine rings is 1. The summed E-state index contributed by atoms with van der Waals surface area (Å²) >= 11 is 0. The molecule has 1 aromatic carbocycles. The number of pyridine rings is 1. The summed E-state index contributed by atoms with van der Waals surface area (Å²) in [5.74, 6) is 1.14. The fraction of sp³-hybridized carbons (Fsp3) is 0.368. The van der Waals surface area contributed by atoms with Crippen LogP contribution in [-0.4, -0.2) is 47.0 Å². The van der Waals surface area contributed by atoms with Crippen molar-refractivity contribution in [1.82, 2.24) is 14.3 Å². The lowest BCUT2D eigenvalue weighted by molar-refractivity contribution is 0.270. The van der Waals surface area contributed by atoms with Crippen molar-refractivity contribution < 1.29 is 0 Å². The standard InChI is InChI=1S/C19H21N5/c1-3-22-8-10-23(11-9-22)18-12-14(2)15(13-20)19-21-16-6-4-5-7-17(16)24(18)19/h4-7,12H,3,8-11H2,1-2H3. The molecule has 0 bridgehead atoms. The molecule has 0 aliphatic carbocycles. The van der Waals surface area contributed by atoms with E-state index in [2.05, 4.69) is 39.3 Å². The molecule has 3 aromatic rings. The van der Waals surface area contributed by atoms with Crippen LogP contribution in [0.4, 0.5) is 5.82 Å². The van der Waals surface area contributed by atoms with Crippen LogP contribution in [0.5, 0.6) is 0 Å². The van der Waals surface area contributed by atoms with Gasteiger partial charge in [0.25, 0.3) is 0 Å². The third-order valence-electron chi connectivity index (χ3n) is 5.01. The SMILES string of the molecule is CCN1CCN(c2cc(C)c(C#N)c3nc4ccccc4n23)CC1. The van der Waals surface area contributed by atoms with E-state index < -0.39 is 0 Å². The minimum Gasteiger partial charge on any atom is -0.355 e. The molecule has 5 heteroatoms. The Bertz CT molecular complexity index is 942. The largest absolute Gasteiger partial charge is 0.355 e. The lowest BCUT2D eigenvalue weighted by atomic mass is 10.1. The summed E-state index contributed by atoms with van der Waals surface area (Å²) in [5, 5.41) is 9.59. The number of hydrogen-bond donors (Lipinski definition) is 0. The summed E-state index contributed by atoms with van der Waals surface area (Å²) < 4.78 is 2.16. The number of imidazole rings is 1. The molecule has 24 heavy (non-hydrogen) atoms. The zero-order valence-electron chi connectivity index (χ0n) is 14.2. The Hall–Kier alpha value is -2.58. The van der Waals surface area contributed by atoms with Gasteiger partial charge in [-0.3, -0.25) is 4.40 Å². The lowest BCUT2D eigenvalue weighted by Gasteiger charge is -2.36. The predicted octanol–water partition coefficient (Wildman–Crippen LogP) is 2.81. The van der Waals surface area contributed by atoms with Gasteiger partial charge in [0.1, 0.15) is 11.9 Å². The van der Waals surface area contributed by atoms with Gasteiger partial charge < -0.3 is 9.80 Å². The highest BCUT2D eigenvalue weighted by molar-refractivity contribution is 5.85. The van der Waals surface area contributed by atoms with Crippen molar-refractivity contribution in [3.05, 3.63) is 41.5 Å². The van der Waals surface area contributed by atoms with Crippen LogP contribution in [0.15, 0.2) is 30.3 Å². The molecule has 2 aromatic heterocycles. The maximum Gasteiger partial charge on any atom is 0.157 e. The second-order valence-electron chi connectivity index (χ2n) is 6.35. The number of benzene rings is 1. The van der Waals surface area contributed by atoms with E-state index >= 15 is 0 Å². The zero-order valence-corrected chi connectivity index (χ0v) is 14.2. The number of aromatic nitrogens is 2. The van der Waals surface area contributed by atoms with Gasteiger partial charge in [0.15, 0.2) is 5.65 Å². The van der Waals surface area contributed by atoms with Crippen molar-refractivity contribution in [2.24, 2.45) is 0 Å². The van der Waals surface area contributed by atoms with E-state index in [0.29, 0.717) is 5.56 Å². The number of likely N-dealkylation sites (N-methyl/N-ethyl adjacent to an activating group) is 1. The summed E-state index contributed by atoms with van der Waals surface area (Å²) in [6.45, 7) is 9.46. The van der Waals surface area contributed by atoms with Gasteiger partial charge in [0, 0.05) is 26.2 Å². The van der Waals surface area contributed by atoms with Gasteiger partial charge in [-0.05, 0) is 37.2 Å². The zero-order chi connectivity index (χ0) is 16.7. The van der Waals surface area contributed by atoms with E-state index in [4.69, 9.17) is 4.98 Å². The van der Waals surface area contributed by atoms with Gasteiger partial charge in [-0.25, -0.2) is 4.98 Å². The van der Waals surface area contributed by atoms with E-state index in [0.717, 1.165) is 60.8 Å². The van der Waals surface area contributed by atoms with Crippen LogP contribution in [0.3, 0.4) is 0 Å². The first-order valence-corrected chi connectivity index (χ1v) is 8.51. The van der Waals surface area contributed by atoms with Crippen molar-refractivity contribution in [1.29, 1.82) is 5.26 Å². The monoisotopic (exact) mass is 319 g/mol. The van der Waals surface area contributed by atoms with Crippen molar-refractivity contribution in [2.75, 3.05) is 37.6 Å². The molecule has 5 nitrogen and oxygen atoms in total. The van der Waals surface area contributed by atoms with Gasteiger partial charge >= 0.3 is 0 Å². The number of anilines is 1. The average Bonchev–Trinajstić information content (AvgIpc) is 3.00. The molecule has 1 aliphatic rings. The van der Waals surface area contributed by atoms with E-state index in [1.165, 1.54) is 0 Å². The van der Waals surface area contributed by atoms with Gasteiger partial charge in [-0.15, -0.1) is 0 Å². The first-order valence-electron chi connectivity index (χ1n) is 8.51. The average molecular weight is 319 g/mol. The Kier molecular flexibility index (Phi) is 3.62. The third-order valence-corrected chi connectivity index (χ3v) is 5.01. The van der Waals surface area contributed by atoms with Crippen LogP contribution < -0.4 is 4.90 Å². The van der Waals surface area contributed by atoms with Gasteiger partial charge in [0.05, 0.1) is 16.6 Å². The summed E-state index contributed by atoms with van der Waals surface area (Å²) in [6, 6.07) is 12.6. The molecule has 1 saturated heterocycles. The molecule has 0 amide bonds. The molecule has 0 radical (unpaired) electrons. The Morgan fingerprint density at radius 3 is 2.62 bits per heavy atom. The molecule has 1 fully saturated rings. The molecule has 0 spiro atoms. The quantitative estimate of drug-likeness (QED) is 0.729. The summed E-state index contributed by atoms with van der Waals surface area (Å²) in [5.41, 5.74) is 4.44. The molecular formula is C19H21N5. The van der Waals surface area contributed by atoms with Crippen molar-refractivity contribution >= 4 is 22.5 Å². The highest BCUT2D eigenvalue weighted by Gasteiger charge is 2.21. The molecule has 0 unspecified atom stereocenters. The molecule has 1 aliphatic heterocycles. The number of aryl methyl sites for hydroxylation is 1. The molecule has 0 atom stereocenters. The molecule has 0 saturated carbocycles. The highest BCUT2D eigenvalue weighted by Crippen LogP contribution is 2.29. The summed E-state index contributed by atoms with van der Waals surface area (Å²) in [7, 11) is 0. The van der Waals surface area contributed by atoms with Crippen LogP contribution in [0.2, 0.25) is 0 Å². The maximum atomic E-state index is 9.59. The van der Waals surface area contributed by atoms with Crippen LogP contribution >= 0.6 is 0 Å². The number of hydrogen-bond acceptors (Lipinski definition) is 4. The minimum absolute atomic E-state index is 0.669. The summed E-state index contributed by atoms with van der Waals surface area (Å²) in [6.07, 6.45) is 0. The van der Waals surface area contributed by atoms with Gasteiger partial charge in [-0.1, -0.05) is 19.1 Å². The fourth-order valence-electron chi connectivity index (χ4n) is 3.60. The van der Waals surface area contributed by atoms with E-state index in [1.807, 2.05) is 25.1 Å². The molecule has 4 rings (SSSR count). The Balaban J connectivity index is 1.94. The molecular weight excluding hydrogens is 298 g/mol. The van der Waals surface area contributed by atoms with Crippen molar-refractivity contribution in [2.45, 2.75) is 13.8 Å². The summed E-state index contributed by atoms with van der Waals surface area (Å²) in [4.78, 5) is 9.62. The van der Waals surface area contributed by atoms with E-state index in [9.17, 15) is 5.26 Å². The van der Waals surface area contributed by atoms with Crippen molar-refractivity contribution in [3.8, 4) is 6.07 Å². The van der Waals surface area contributed by atoms with E-state index in [1.54, 1.807) is 0 Å². The first kappa shape index (κ1) is 15.0. The number of nitriles is 1. The van der Waals surface area contributed by atoms with Gasteiger partial charge in [-0.2, -0.15) is 5.26 Å². The number of fused-ring (bicyclic) bond motifs is 3. The number of para-hydroxylation sites is 2. The maximum absolute atomic E-state index is 9.59.